The Morgan fingerprint density at radius 2 is 1.81 bits per heavy atom. The summed E-state index contributed by atoms with van der Waals surface area (Å²) in [5.41, 5.74) is 0.689. The Morgan fingerprint density at radius 1 is 1.14 bits per heavy atom. The third kappa shape index (κ3) is 3.46. The van der Waals surface area contributed by atoms with Crippen molar-refractivity contribution in [2.75, 3.05) is 11.6 Å². The molecule has 0 saturated carbocycles. The fraction of sp³-hybridized carbons (Fsp3) is 0.133. The van der Waals surface area contributed by atoms with Crippen LogP contribution < -0.4 is 5.32 Å². The lowest BCUT2D eigenvalue weighted by Crippen LogP contribution is -2.16. The second kappa shape index (κ2) is 5.65. The molecule has 0 saturated heterocycles. The number of nitrogens with one attached hydrogen (secondary N) is 1. The summed E-state index contributed by atoms with van der Waals surface area (Å²) >= 11 is 0. The van der Waals surface area contributed by atoms with Crippen LogP contribution in [0.15, 0.2) is 47.4 Å². The highest BCUT2D eigenvalue weighted by atomic mass is 32.2. The van der Waals surface area contributed by atoms with Gasteiger partial charge in [-0.1, -0.05) is 18.2 Å². The molecule has 4 nitrogen and oxygen atoms in total. The van der Waals surface area contributed by atoms with Gasteiger partial charge in [0.2, 0.25) is 0 Å². The van der Waals surface area contributed by atoms with Crippen molar-refractivity contribution in [1.29, 1.82) is 0 Å². The zero-order valence-corrected chi connectivity index (χ0v) is 12.4. The minimum absolute atomic E-state index is 0.00845. The van der Waals surface area contributed by atoms with Crippen LogP contribution >= 0.6 is 0 Å². The highest BCUT2D eigenvalue weighted by Crippen LogP contribution is 2.22. The van der Waals surface area contributed by atoms with Gasteiger partial charge in [-0.2, -0.15) is 0 Å². The van der Waals surface area contributed by atoms with E-state index in [0.29, 0.717) is 5.56 Å². The molecule has 0 bridgehead atoms. The second-order valence-electron chi connectivity index (χ2n) is 4.71. The third-order valence-electron chi connectivity index (χ3n) is 2.90. The predicted molar refractivity (Wildman–Crippen MR) is 78.6 cm³/mol. The Balaban J connectivity index is 2.37. The minimum Gasteiger partial charge on any atom is -0.321 e. The normalized spacial score (nSPS) is 11.2. The van der Waals surface area contributed by atoms with Crippen molar-refractivity contribution in [3.05, 3.63) is 59.4 Å². The van der Waals surface area contributed by atoms with E-state index in [4.69, 9.17) is 0 Å². The number of halogens is 1. The molecule has 0 unspecified atom stereocenters. The van der Waals surface area contributed by atoms with Crippen LogP contribution in [0.4, 0.5) is 10.1 Å². The molecule has 0 fully saturated rings. The molecule has 0 aliphatic heterocycles. The van der Waals surface area contributed by atoms with E-state index in [9.17, 15) is 17.6 Å². The average molecular weight is 307 g/mol. The van der Waals surface area contributed by atoms with Crippen LogP contribution in [-0.2, 0) is 9.84 Å². The number of benzene rings is 2. The summed E-state index contributed by atoms with van der Waals surface area (Å²) in [5.74, 6) is -1.34. The number of sulfone groups is 1. The summed E-state index contributed by atoms with van der Waals surface area (Å²) in [6, 6.07) is 10.2. The van der Waals surface area contributed by atoms with Crippen LogP contribution in [-0.4, -0.2) is 20.6 Å². The van der Waals surface area contributed by atoms with Crippen LogP contribution in [0.3, 0.4) is 0 Å². The van der Waals surface area contributed by atoms with Gasteiger partial charge >= 0.3 is 0 Å². The molecule has 2 aromatic rings. The lowest BCUT2D eigenvalue weighted by molar-refractivity contribution is 0.102. The Morgan fingerprint density at radius 3 is 2.43 bits per heavy atom. The summed E-state index contributed by atoms with van der Waals surface area (Å²) < 4.78 is 37.1. The molecule has 0 heterocycles. The van der Waals surface area contributed by atoms with E-state index in [-0.39, 0.29) is 16.1 Å². The zero-order valence-electron chi connectivity index (χ0n) is 11.6. The Kier molecular flexibility index (Phi) is 4.09. The average Bonchev–Trinajstić information content (AvgIpc) is 2.37. The maximum absolute atomic E-state index is 13.8. The van der Waals surface area contributed by atoms with Gasteiger partial charge in [-0.15, -0.1) is 0 Å². The number of para-hydroxylation sites is 1. The number of carbonyl (C=O) groups is 1. The molecule has 1 amide bonds. The van der Waals surface area contributed by atoms with Gasteiger partial charge in [0.25, 0.3) is 5.91 Å². The van der Waals surface area contributed by atoms with Crippen molar-refractivity contribution in [2.45, 2.75) is 11.8 Å². The van der Waals surface area contributed by atoms with Crippen molar-refractivity contribution in [3.8, 4) is 0 Å². The molecule has 2 rings (SSSR count). The first kappa shape index (κ1) is 15.2. The van der Waals surface area contributed by atoms with Crippen LogP contribution in [0.2, 0.25) is 0 Å². The highest BCUT2D eigenvalue weighted by Gasteiger charge is 2.17. The molecule has 2 aromatic carbocycles. The van der Waals surface area contributed by atoms with Crippen LogP contribution in [0.1, 0.15) is 15.9 Å². The molecule has 0 aromatic heterocycles. The first-order chi connectivity index (χ1) is 9.79. The van der Waals surface area contributed by atoms with Gasteiger partial charge in [-0.05, 0) is 36.8 Å². The molecule has 6 heteroatoms. The van der Waals surface area contributed by atoms with Gasteiger partial charge in [0.05, 0.1) is 16.1 Å². The van der Waals surface area contributed by atoms with Crippen LogP contribution in [0.25, 0.3) is 0 Å². The lowest BCUT2D eigenvalue weighted by Gasteiger charge is -2.10. The van der Waals surface area contributed by atoms with E-state index in [1.807, 2.05) is 0 Å². The second-order valence-corrected chi connectivity index (χ2v) is 6.69. The molecule has 0 radical (unpaired) electrons. The summed E-state index contributed by atoms with van der Waals surface area (Å²) in [5, 5.41) is 2.44. The van der Waals surface area contributed by atoms with E-state index in [1.54, 1.807) is 25.1 Å². The lowest BCUT2D eigenvalue weighted by atomic mass is 10.1. The first-order valence-corrected chi connectivity index (χ1v) is 8.05. The summed E-state index contributed by atoms with van der Waals surface area (Å²) in [4.78, 5) is 12.1. The quantitative estimate of drug-likeness (QED) is 0.948. The smallest absolute Gasteiger partial charge is 0.258 e. The maximum Gasteiger partial charge on any atom is 0.258 e. The molecule has 1 N–H and O–H groups in total. The van der Waals surface area contributed by atoms with Crippen molar-refractivity contribution >= 4 is 21.4 Å². The van der Waals surface area contributed by atoms with Gasteiger partial charge in [0.15, 0.2) is 9.84 Å². The number of amides is 1. The topological polar surface area (TPSA) is 63.2 Å². The Labute approximate surface area is 122 Å². The van der Waals surface area contributed by atoms with E-state index in [2.05, 4.69) is 5.32 Å². The molecule has 0 spiro atoms. The van der Waals surface area contributed by atoms with E-state index < -0.39 is 21.6 Å². The maximum atomic E-state index is 13.8. The van der Waals surface area contributed by atoms with Crippen LogP contribution in [0.5, 0.6) is 0 Å². The monoisotopic (exact) mass is 307 g/mol. The fourth-order valence-corrected chi connectivity index (χ4v) is 2.73. The molecular formula is C15H14FNO3S. The Bertz CT molecular complexity index is 800. The number of hydrogen-bond acceptors (Lipinski definition) is 3. The fourth-order valence-electron chi connectivity index (χ4n) is 1.89. The summed E-state index contributed by atoms with van der Waals surface area (Å²) in [7, 11) is -3.49. The molecule has 0 aliphatic rings. The van der Waals surface area contributed by atoms with E-state index in [0.717, 1.165) is 6.26 Å². The van der Waals surface area contributed by atoms with E-state index >= 15 is 0 Å². The van der Waals surface area contributed by atoms with Crippen molar-refractivity contribution < 1.29 is 17.6 Å². The number of anilines is 1. The van der Waals surface area contributed by atoms with Gasteiger partial charge in [0, 0.05) is 6.26 Å². The number of carbonyl (C=O) groups excluding carboxylic acids is 1. The zero-order chi connectivity index (χ0) is 15.6. The predicted octanol–water partition coefficient (Wildman–Crippen LogP) is 2.79. The van der Waals surface area contributed by atoms with Crippen molar-refractivity contribution in [2.24, 2.45) is 0 Å². The van der Waals surface area contributed by atoms with Gasteiger partial charge < -0.3 is 5.32 Å². The standard InChI is InChI=1S/C15H14FNO3S/c1-10-7-8-11(12(16)9-10)15(18)17-13-5-3-4-6-14(13)21(2,19)20/h3-9H,1-2H3,(H,17,18). The van der Waals surface area contributed by atoms with Gasteiger partial charge in [-0.3, -0.25) is 4.79 Å². The van der Waals surface area contributed by atoms with Gasteiger partial charge in [-0.25, -0.2) is 12.8 Å². The largest absolute Gasteiger partial charge is 0.321 e. The minimum atomic E-state index is -3.49. The first-order valence-electron chi connectivity index (χ1n) is 6.15. The SMILES string of the molecule is Cc1ccc(C(=O)Nc2ccccc2S(C)(=O)=O)c(F)c1. The third-order valence-corrected chi connectivity index (χ3v) is 4.06. The molecule has 21 heavy (non-hydrogen) atoms. The highest BCUT2D eigenvalue weighted by molar-refractivity contribution is 7.90. The summed E-state index contributed by atoms with van der Waals surface area (Å²) in [6.07, 6.45) is 1.05. The molecule has 110 valence electrons. The van der Waals surface area contributed by atoms with Crippen LogP contribution in [0, 0.1) is 12.7 Å². The van der Waals surface area contributed by atoms with Crippen molar-refractivity contribution in [3.63, 3.8) is 0 Å². The number of hydrogen-bond donors (Lipinski definition) is 1. The summed E-state index contributed by atoms with van der Waals surface area (Å²) in [6.45, 7) is 1.71. The Hall–Kier alpha value is -2.21. The van der Waals surface area contributed by atoms with Gasteiger partial charge in [0.1, 0.15) is 5.82 Å². The molecule has 0 aliphatic carbocycles. The molecular weight excluding hydrogens is 293 g/mol. The van der Waals surface area contributed by atoms with Crippen molar-refractivity contribution in [1.82, 2.24) is 0 Å². The van der Waals surface area contributed by atoms with E-state index in [1.165, 1.54) is 24.3 Å². The number of rotatable bonds is 3. The molecule has 0 atom stereocenters. The number of aryl methyl sites for hydroxylation is 1.